The molecule has 4 rings (SSSR count). The van der Waals surface area contributed by atoms with Crippen molar-refractivity contribution in [3.63, 3.8) is 0 Å². The molecule has 1 atom stereocenters. The van der Waals surface area contributed by atoms with Crippen LogP contribution in [0.1, 0.15) is 55.9 Å². The fourth-order valence-corrected chi connectivity index (χ4v) is 3.81. The van der Waals surface area contributed by atoms with Crippen LogP contribution in [0.4, 0.5) is 0 Å². The molecule has 6 heteroatoms. The smallest absolute Gasteiger partial charge is 0.270 e. The van der Waals surface area contributed by atoms with E-state index in [1.165, 1.54) is 5.56 Å². The van der Waals surface area contributed by atoms with E-state index in [1.807, 2.05) is 61.5 Å². The summed E-state index contributed by atoms with van der Waals surface area (Å²) in [6.45, 7) is 8.34. The zero-order chi connectivity index (χ0) is 24.3. The van der Waals surface area contributed by atoms with E-state index in [4.69, 9.17) is 14.8 Å². The molecule has 6 nitrogen and oxygen atoms in total. The second-order valence-electron chi connectivity index (χ2n) is 9.70. The predicted molar refractivity (Wildman–Crippen MR) is 135 cm³/mol. The zero-order valence-corrected chi connectivity index (χ0v) is 20.5. The van der Waals surface area contributed by atoms with E-state index in [2.05, 4.69) is 38.2 Å². The Morgan fingerprint density at radius 2 is 1.76 bits per heavy atom. The van der Waals surface area contributed by atoms with Crippen LogP contribution in [0.5, 0.6) is 5.75 Å². The van der Waals surface area contributed by atoms with Crippen molar-refractivity contribution in [3.05, 3.63) is 83.7 Å². The summed E-state index contributed by atoms with van der Waals surface area (Å²) in [6.07, 6.45) is 1.75. The van der Waals surface area contributed by atoms with Crippen molar-refractivity contribution in [2.75, 3.05) is 7.11 Å². The van der Waals surface area contributed by atoms with Crippen molar-refractivity contribution in [3.8, 4) is 17.0 Å². The summed E-state index contributed by atoms with van der Waals surface area (Å²) < 4.78 is 6.94. The molecule has 34 heavy (non-hydrogen) atoms. The first kappa shape index (κ1) is 23.5. The number of carbonyl (C=O) groups is 1. The lowest BCUT2D eigenvalue weighted by Gasteiger charge is -2.16. The predicted octanol–water partition coefficient (Wildman–Crippen LogP) is 5.45. The average Bonchev–Trinajstić information content (AvgIpc) is 3.28. The van der Waals surface area contributed by atoms with Gasteiger partial charge in [-0.05, 0) is 55.7 Å². The van der Waals surface area contributed by atoms with Crippen molar-refractivity contribution in [1.82, 2.24) is 19.9 Å². The van der Waals surface area contributed by atoms with Gasteiger partial charge in [-0.2, -0.15) is 5.10 Å². The van der Waals surface area contributed by atoms with Gasteiger partial charge in [0, 0.05) is 23.1 Å². The average molecular weight is 457 g/mol. The third-order valence-corrected chi connectivity index (χ3v) is 5.90. The molecule has 1 N–H and O–H groups in total. The lowest BCUT2D eigenvalue weighted by Crippen LogP contribution is -2.34. The minimum Gasteiger partial charge on any atom is -0.497 e. The molecule has 0 unspecified atom stereocenters. The van der Waals surface area contributed by atoms with Crippen LogP contribution in [0.3, 0.4) is 0 Å². The molecule has 176 valence electrons. The molecule has 2 aromatic carbocycles. The van der Waals surface area contributed by atoms with Gasteiger partial charge in [0.2, 0.25) is 0 Å². The molecule has 2 heterocycles. The van der Waals surface area contributed by atoms with Gasteiger partial charge in [-0.3, -0.25) is 4.79 Å². The highest BCUT2D eigenvalue weighted by molar-refractivity contribution is 5.94. The fourth-order valence-electron chi connectivity index (χ4n) is 3.81. The summed E-state index contributed by atoms with van der Waals surface area (Å²) in [5.41, 5.74) is 4.74. The first-order chi connectivity index (χ1) is 16.2. The Bertz CT molecular complexity index is 1270. The Kier molecular flexibility index (Phi) is 6.68. The maximum atomic E-state index is 13.4. The summed E-state index contributed by atoms with van der Waals surface area (Å²) in [7, 11) is 1.64. The minimum atomic E-state index is -0.162. The number of fused-ring (bicyclic) bond motifs is 1. The molecule has 0 saturated carbocycles. The van der Waals surface area contributed by atoms with Gasteiger partial charge in [0.25, 0.3) is 5.91 Å². The van der Waals surface area contributed by atoms with Crippen LogP contribution < -0.4 is 10.1 Å². The number of aryl methyl sites for hydroxylation is 1. The normalized spacial score (nSPS) is 12.5. The van der Waals surface area contributed by atoms with Gasteiger partial charge >= 0.3 is 0 Å². The first-order valence-corrected chi connectivity index (χ1v) is 11.6. The van der Waals surface area contributed by atoms with Gasteiger partial charge in [0.1, 0.15) is 11.4 Å². The van der Waals surface area contributed by atoms with Gasteiger partial charge in [-0.25, -0.2) is 9.50 Å². The molecule has 0 radical (unpaired) electrons. The largest absolute Gasteiger partial charge is 0.497 e. The van der Waals surface area contributed by atoms with Crippen molar-refractivity contribution >= 4 is 11.6 Å². The van der Waals surface area contributed by atoms with Crippen LogP contribution in [0.2, 0.25) is 0 Å². The quantitative estimate of drug-likeness (QED) is 0.401. The van der Waals surface area contributed by atoms with E-state index >= 15 is 0 Å². The van der Waals surface area contributed by atoms with Gasteiger partial charge in [-0.1, -0.05) is 51.1 Å². The molecular weight excluding hydrogens is 424 g/mol. The van der Waals surface area contributed by atoms with Crippen LogP contribution in [0.25, 0.3) is 16.9 Å². The number of methoxy groups -OCH3 is 1. The molecular formula is C28H32N4O2. The number of hydrogen-bond acceptors (Lipinski definition) is 4. The van der Waals surface area contributed by atoms with E-state index in [1.54, 1.807) is 11.6 Å². The highest BCUT2D eigenvalue weighted by Gasteiger charge is 2.22. The lowest BCUT2D eigenvalue weighted by atomic mass is 9.93. The zero-order valence-electron chi connectivity index (χ0n) is 20.5. The van der Waals surface area contributed by atoms with E-state index in [0.717, 1.165) is 35.5 Å². The Morgan fingerprint density at radius 3 is 2.41 bits per heavy atom. The fraction of sp³-hybridized carbons (Fsp3) is 0.321. The SMILES string of the molecule is COc1ccc(-c2cc(C(=O)N[C@@H](C)CCc3ccccc3)n3nc(C(C)(C)C)cc3n2)cc1. The molecule has 0 aliphatic rings. The van der Waals surface area contributed by atoms with Crippen LogP contribution in [-0.2, 0) is 11.8 Å². The van der Waals surface area contributed by atoms with Gasteiger partial charge in [0.05, 0.1) is 18.5 Å². The molecule has 2 aromatic heterocycles. The molecule has 0 spiro atoms. The highest BCUT2D eigenvalue weighted by atomic mass is 16.5. The number of aromatic nitrogens is 3. The second kappa shape index (κ2) is 9.67. The first-order valence-electron chi connectivity index (χ1n) is 11.6. The number of benzene rings is 2. The maximum absolute atomic E-state index is 13.4. The second-order valence-corrected chi connectivity index (χ2v) is 9.70. The summed E-state index contributed by atoms with van der Waals surface area (Å²) in [6, 6.07) is 21.8. The van der Waals surface area contributed by atoms with Crippen LogP contribution in [0.15, 0.2) is 66.7 Å². The summed E-state index contributed by atoms with van der Waals surface area (Å²) in [4.78, 5) is 18.2. The molecule has 0 bridgehead atoms. The molecule has 1 amide bonds. The highest BCUT2D eigenvalue weighted by Crippen LogP contribution is 2.26. The third kappa shape index (κ3) is 5.28. The topological polar surface area (TPSA) is 68.5 Å². The van der Waals surface area contributed by atoms with E-state index < -0.39 is 0 Å². The van der Waals surface area contributed by atoms with Gasteiger partial charge < -0.3 is 10.1 Å². The van der Waals surface area contributed by atoms with Gasteiger partial charge in [-0.15, -0.1) is 0 Å². The number of hydrogen-bond donors (Lipinski definition) is 1. The van der Waals surface area contributed by atoms with Crippen molar-refractivity contribution in [2.24, 2.45) is 0 Å². The number of nitrogens with zero attached hydrogens (tertiary/aromatic N) is 3. The van der Waals surface area contributed by atoms with Crippen molar-refractivity contribution in [2.45, 2.75) is 52.0 Å². The van der Waals surface area contributed by atoms with E-state index in [9.17, 15) is 4.79 Å². The maximum Gasteiger partial charge on any atom is 0.270 e. The Hall–Kier alpha value is -3.67. The monoisotopic (exact) mass is 456 g/mol. The van der Waals surface area contributed by atoms with E-state index in [-0.39, 0.29) is 17.4 Å². The summed E-state index contributed by atoms with van der Waals surface area (Å²) in [5, 5.41) is 7.90. The van der Waals surface area contributed by atoms with Crippen LogP contribution in [-0.4, -0.2) is 33.7 Å². The molecule has 0 aliphatic carbocycles. The number of amides is 1. The number of carbonyl (C=O) groups excluding carboxylic acids is 1. The van der Waals surface area contributed by atoms with Crippen molar-refractivity contribution in [1.29, 1.82) is 0 Å². The summed E-state index contributed by atoms with van der Waals surface area (Å²) >= 11 is 0. The molecule has 0 fully saturated rings. The van der Waals surface area contributed by atoms with Crippen molar-refractivity contribution < 1.29 is 9.53 Å². The lowest BCUT2D eigenvalue weighted by molar-refractivity contribution is 0.0930. The number of rotatable bonds is 7. The Balaban J connectivity index is 1.65. The van der Waals surface area contributed by atoms with Crippen LogP contribution >= 0.6 is 0 Å². The number of nitrogens with one attached hydrogen (secondary N) is 1. The minimum absolute atomic E-state index is 0.0120. The van der Waals surface area contributed by atoms with E-state index in [0.29, 0.717) is 11.3 Å². The summed E-state index contributed by atoms with van der Waals surface area (Å²) in [5.74, 6) is 0.612. The Labute approximate surface area is 201 Å². The van der Waals surface area contributed by atoms with Crippen LogP contribution in [0, 0.1) is 0 Å². The number of ether oxygens (including phenoxy) is 1. The standard InChI is InChI=1S/C28H32N4O2/c1-19(11-12-20-9-7-6-8-10-20)29-27(33)24-17-23(21-13-15-22(34-5)16-14-21)30-26-18-25(28(2,3)4)31-32(24)26/h6-10,13-19H,11-12H2,1-5H3,(H,29,33)/t19-/m0/s1. The van der Waals surface area contributed by atoms with Gasteiger partial charge in [0.15, 0.2) is 5.65 Å². The molecule has 4 aromatic rings. The Morgan fingerprint density at radius 1 is 1.06 bits per heavy atom. The molecule has 0 aliphatic heterocycles. The molecule has 0 saturated heterocycles. The third-order valence-electron chi connectivity index (χ3n) is 5.90.